The predicted octanol–water partition coefficient (Wildman–Crippen LogP) is 1.27. The van der Waals surface area contributed by atoms with Crippen LogP contribution in [0.2, 0.25) is 0 Å². The first-order chi connectivity index (χ1) is 18.5. The smallest absolute Gasteiger partial charge is 0.329 e. The molecule has 3 atom stereocenters. The Morgan fingerprint density at radius 3 is 2.23 bits per heavy atom. The molecule has 4 rings (SSSR count). The van der Waals surface area contributed by atoms with Crippen LogP contribution in [-0.2, 0) is 44.4 Å². The van der Waals surface area contributed by atoms with E-state index in [1.165, 1.54) is 11.1 Å². The van der Waals surface area contributed by atoms with E-state index in [1.807, 2.05) is 12.1 Å². The second-order valence-corrected chi connectivity index (χ2v) is 12.1. The molecule has 1 heterocycles. The van der Waals surface area contributed by atoms with Crippen molar-refractivity contribution < 1.29 is 28.7 Å². The summed E-state index contributed by atoms with van der Waals surface area (Å²) in [7, 11) is -2.55. The van der Waals surface area contributed by atoms with Gasteiger partial charge in [-0.25, -0.2) is 0 Å². The van der Waals surface area contributed by atoms with Crippen LogP contribution in [0.5, 0.6) is 0 Å². The van der Waals surface area contributed by atoms with Crippen LogP contribution in [0.15, 0.2) is 48.5 Å². The first-order valence-corrected chi connectivity index (χ1v) is 15.1. The number of fused-ring (bicyclic) bond motifs is 1. The van der Waals surface area contributed by atoms with Crippen molar-refractivity contribution in [2.24, 2.45) is 0 Å². The number of likely N-dealkylation sites (tertiary alicyclic amines) is 1. The lowest BCUT2D eigenvalue weighted by Crippen LogP contribution is -2.56. The van der Waals surface area contributed by atoms with Crippen LogP contribution in [0.1, 0.15) is 42.0 Å². The molecule has 5 N–H and O–H groups in total. The molecule has 2 aliphatic rings. The monoisotopic (exact) mass is 556 g/mol. The molecule has 0 saturated carbocycles. The second kappa shape index (κ2) is 12.4. The van der Waals surface area contributed by atoms with Gasteiger partial charge in [-0.2, -0.15) is 0 Å². The van der Waals surface area contributed by atoms with Gasteiger partial charge in [-0.15, -0.1) is 0 Å². The Balaban J connectivity index is 1.46. The van der Waals surface area contributed by atoms with Crippen LogP contribution in [0, 0.1) is 0 Å². The number of amides is 3. The van der Waals surface area contributed by atoms with Crippen LogP contribution in [-0.4, -0.2) is 70.2 Å². The summed E-state index contributed by atoms with van der Waals surface area (Å²) >= 11 is 0. The molecule has 2 aromatic carbocycles. The van der Waals surface area contributed by atoms with Crippen molar-refractivity contribution in [1.82, 2.24) is 20.9 Å². The molecule has 1 saturated heterocycles. The molecule has 11 heteroatoms. The molecule has 1 aliphatic heterocycles. The van der Waals surface area contributed by atoms with E-state index in [0.717, 1.165) is 18.4 Å². The van der Waals surface area contributed by atoms with E-state index in [0.29, 0.717) is 24.9 Å². The maximum atomic E-state index is 13.8. The molecule has 1 aliphatic carbocycles. The van der Waals surface area contributed by atoms with Gasteiger partial charge in [-0.3, -0.25) is 18.9 Å². The molecular weight excluding hydrogens is 519 g/mol. The SMILES string of the molecule is CN[C@@H](C)C(=O)N[C@@H](Cc1ccc(CP(=O)(O)O)cc1)C(=O)N1CCC[C@@H]1C(=O)NC1Cc2ccccc2C1. The highest BCUT2D eigenvalue weighted by Crippen LogP contribution is 2.39. The molecule has 0 aromatic heterocycles. The number of hydrogen-bond acceptors (Lipinski definition) is 5. The number of likely N-dealkylation sites (N-methyl/N-ethyl adjacent to an activating group) is 1. The van der Waals surface area contributed by atoms with Gasteiger partial charge >= 0.3 is 7.60 Å². The lowest BCUT2D eigenvalue weighted by atomic mass is 10.0. The Morgan fingerprint density at radius 1 is 1.03 bits per heavy atom. The fraction of sp³-hybridized carbons (Fsp3) is 0.464. The largest absolute Gasteiger partial charge is 0.351 e. The fourth-order valence-corrected chi connectivity index (χ4v) is 6.03. The highest BCUT2D eigenvalue weighted by atomic mass is 31.2. The van der Waals surface area contributed by atoms with Gasteiger partial charge in [0, 0.05) is 19.0 Å². The Hall–Kier alpha value is -3.04. The van der Waals surface area contributed by atoms with Gasteiger partial charge in [0.2, 0.25) is 17.7 Å². The van der Waals surface area contributed by atoms with Crippen molar-refractivity contribution in [2.75, 3.05) is 13.6 Å². The number of hydrogen-bond donors (Lipinski definition) is 5. The van der Waals surface area contributed by atoms with Crippen molar-refractivity contribution >= 4 is 25.3 Å². The van der Waals surface area contributed by atoms with E-state index in [-0.39, 0.29) is 36.3 Å². The van der Waals surface area contributed by atoms with E-state index < -0.39 is 25.7 Å². The van der Waals surface area contributed by atoms with E-state index in [9.17, 15) is 28.7 Å². The lowest BCUT2D eigenvalue weighted by molar-refractivity contribution is -0.141. The van der Waals surface area contributed by atoms with Gasteiger partial charge in [0.25, 0.3) is 0 Å². The van der Waals surface area contributed by atoms with Crippen molar-refractivity contribution in [3.8, 4) is 0 Å². The molecule has 39 heavy (non-hydrogen) atoms. The van der Waals surface area contributed by atoms with Crippen molar-refractivity contribution in [2.45, 2.75) is 69.4 Å². The average molecular weight is 557 g/mol. The molecule has 2 aromatic rings. The number of nitrogens with zero attached hydrogens (tertiary/aromatic N) is 1. The van der Waals surface area contributed by atoms with Crippen molar-refractivity contribution in [1.29, 1.82) is 0 Å². The Morgan fingerprint density at radius 2 is 1.64 bits per heavy atom. The normalized spacial score (nSPS) is 18.9. The van der Waals surface area contributed by atoms with Gasteiger partial charge in [0.05, 0.1) is 12.2 Å². The topological polar surface area (TPSA) is 148 Å². The number of nitrogens with one attached hydrogen (secondary N) is 3. The summed E-state index contributed by atoms with van der Waals surface area (Å²) in [5, 5.41) is 8.85. The van der Waals surface area contributed by atoms with Gasteiger partial charge in [0.1, 0.15) is 12.1 Å². The minimum atomic E-state index is -4.20. The van der Waals surface area contributed by atoms with Crippen molar-refractivity contribution in [3.63, 3.8) is 0 Å². The molecule has 10 nitrogen and oxygen atoms in total. The molecule has 1 fully saturated rings. The standard InChI is InChI=1S/C28H37N4O6P/c1-18(29-2)26(33)31-24(14-19-9-11-20(12-10-19)17-39(36,37)38)28(35)32-13-5-8-25(32)27(34)30-23-15-21-6-3-4-7-22(21)16-23/h3-4,6-7,9-12,18,23-25,29H,5,8,13-17H2,1-2H3,(H,30,34)(H,31,33)(H2,36,37,38)/t18-,24-,25+/m0/s1. The summed E-state index contributed by atoms with van der Waals surface area (Å²) in [5.41, 5.74) is 3.67. The highest BCUT2D eigenvalue weighted by Gasteiger charge is 2.39. The summed E-state index contributed by atoms with van der Waals surface area (Å²) in [6.45, 7) is 2.12. The maximum Gasteiger partial charge on any atom is 0.329 e. The summed E-state index contributed by atoms with van der Waals surface area (Å²) in [5.74, 6) is -0.828. The number of carbonyl (C=O) groups is 3. The minimum absolute atomic E-state index is 0.00825. The first-order valence-electron chi connectivity index (χ1n) is 13.3. The summed E-state index contributed by atoms with van der Waals surface area (Å²) < 4.78 is 11.3. The zero-order chi connectivity index (χ0) is 28.2. The van der Waals surface area contributed by atoms with Crippen LogP contribution >= 0.6 is 7.60 Å². The molecule has 210 valence electrons. The third kappa shape index (κ3) is 7.54. The van der Waals surface area contributed by atoms with E-state index in [2.05, 4.69) is 28.1 Å². The zero-order valence-electron chi connectivity index (χ0n) is 22.3. The third-order valence-corrected chi connectivity index (χ3v) is 8.31. The molecular formula is C28H37N4O6P. The van der Waals surface area contributed by atoms with E-state index in [4.69, 9.17) is 0 Å². The van der Waals surface area contributed by atoms with Crippen molar-refractivity contribution in [3.05, 3.63) is 70.8 Å². The first kappa shape index (κ1) is 29.0. The van der Waals surface area contributed by atoms with E-state index >= 15 is 0 Å². The zero-order valence-corrected chi connectivity index (χ0v) is 23.2. The molecule has 0 bridgehead atoms. The quantitative estimate of drug-likeness (QED) is 0.277. The van der Waals surface area contributed by atoms with Crippen LogP contribution in [0.25, 0.3) is 0 Å². The van der Waals surface area contributed by atoms with Gasteiger partial charge in [0.15, 0.2) is 0 Å². The summed E-state index contributed by atoms with van der Waals surface area (Å²) in [4.78, 5) is 59.9. The number of benzene rings is 2. The number of carbonyl (C=O) groups excluding carboxylic acids is 3. The molecule has 0 unspecified atom stereocenters. The summed E-state index contributed by atoms with van der Waals surface area (Å²) in [6.07, 6.45) is 2.59. The molecule has 3 amide bonds. The van der Waals surface area contributed by atoms with Gasteiger partial charge in [-0.05, 0) is 61.9 Å². The van der Waals surface area contributed by atoms with Gasteiger partial charge < -0.3 is 30.6 Å². The van der Waals surface area contributed by atoms with Gasteiger partial charge in [-0.1, -0.05) is 48.5 Å². The second-order valence-electron chi connectivity index (χ2n) is 10.5. The Labute approximate surface area is 228 Å². The summed E-state index contributed by atoms with van der Waals surface area (Å²) in [6, 6.07) is 12.7. The third-order valence-electron chi connectivity index (χ3n) is 7.53. The maximum absolute atomic E-state index is 13.8. The fourth-order valence-electron chi connectivity index (χ4n) is 5.34. The minimum Gasteiger partial charge on any atom is -0.351 e. The Kier molecular flexibility index (Phi) is 9.23. The molecule has 0 spiro atoms. The molecule has 0 radical (unpaired) electrons. The lowest BCUT2D eigenvalue weighted by Gasteiger charge is -2.30. The number of rotatable bonds is 10. The predicted molar refractivity (Wildman–Crippen MR) is 147 cm³/mol. The Bertz CT molecular complexity index is 1220. The van der Waals surface area contributed by atoms with E-state index in [1.54, 1.807) is 43.1 Å². The van der Waals surface area contributed by atoms with Crippen LogP contribution in [0.3, 0.4) is 0 Å². The van der Waals surface area contributed by atoms with Crippen LogP contribution < -0.4 is 16.0 Å². The average Bonchev–Trinajstić information content (AvgIpc) is 3.54. The highest BCUT2D eigenvalue weighted by molar-refractivity contribution is 7.50. The van der Waals surface area contributed by atoms with Crippen LogP contribution in [0.4, 0.5) is 0 Å².